The van der Waals surface area contributed by atoms with Crippen LogP contribution in [-0.2, 0) is 4.74 Å². The summed E-state index contributed by atoms with van der Waals surface area (Å²) in [4.78, 5) is 21.9. The molecule has 128 valence electrons. The Kier molecular flexibility index (Phi) is 6.62. The van der Waals surface area contributed by atoms with E-state index in [2.05, 4.69) is 10.6 Å². The van der Waals surface area contributed by atoms with Gasteiger partial charge in [0.2, 0.25) is 0 Å². The van der Waals surface area contributed by atoms with Gasteiger partial charge in [-0.2, -0.15) is 0 Å². The maximum absolute atomic E-state index is 11.5. The fourth-order valence-corrected chi connectivity index (χ4v) is 1.73. The summed E-state index contributed by atoms with van der Waals surface area (Å²) in [6.07, 6.45) is -0.516. The Morgan fingerprint density at radius 2 is 2.04 bits per heavy atom. The van der Waals surface area contributed by atoms with E-state index in [4.69, 9.17) is 9.47 Å². The summed E-state index contributed by atoms with van der Waals surface area (Å²) in [7, 11) is 0. The minimum atomic E-state index is -0.552. The number of hydrogen-bond donors (Lipinski definition) is 2. The number of amides is 1. The summed E-state index contributed by atoms with van der Waals surface area (Å²) in [5, 5.41) is 16.4. The lowest BCUT2D eigenvalue weighted by Crippen LogP contribution is -2.34. The van der Waals surface area contributed by atoms with Gasteiger partial charge in [-0.1, -0.05) is 0 Å². The molecular weight excluding hydrogens is 302 g/mol. The van der Waals surface area contributed by atoms with E-state index in [0.29, 0.717) is 18.0 Å². The highest BCUT2D eigenvalue weighted by Gasteiger charge is 2.16. The van der Waals surface area contributed by atoms with E-state index in [-0.39, 0.29) is 18.8 Å². The Bertz CT molecular complexity index is 555. The normalized spacial score (nSPS) is 10.8. The zero-order valence-corrected chi connectivity index (χ0v) is 13.8. The van der Waals surface area contributed by atoms with Gasteiger partial charge >= 0.3 is 6.09 Å². The number of rotatable bonds is 7. The molecule has 1 aromatic carbocycles. The van der Waals surface area contributed by atoms with Crippen molar-refractivity contribution in [2.75, 3.05) is 25.0 Å². The fraction of sp³-hybridized carbons (Fsp3) is 0.533. The summed E-state index contributed by atoms with van der Waals surface area (Å²) in [5.41, 5.74) is -0.162. The molecule has 0 atom stereocenters. The number of hydrogen-bond acceptors (Lipinski definition) is 6. The first-order chi connectivity index (χ1) is 10.7. The topological polar surface area (TPSA) is 103 Å². The number of ether oxygens (including phenoxy) is 2. The highest BCUT2D eigenvalue weighted by Crippen LogP contribution is 2.28. The van der Waals surface area contributed by atoms with Crippen LogP contribution in [0.25, 0.3) is 0 Å². The van der Waals surface area contributed by atoms with Crippen molar-refractivity contribution < 1.29 is 19.2 Å². The monoisotopic (exact) mass is 325 g/mol. The first-order valence-corrected chi connectivity index (χ1v) is 7.35. The molecule has 0 saturated heterocycles. The molecule has 0 saturated carbocycles. The first kappa shape index (κ1) is 18.5. The summed E-state index contributed by atoms with van der Waals surface area (Å²) >= 11 is 0. The van der Waals surface area contributed by atoms with Crippen molar-refractivity contribution in [2.45, 2.75) is 33.3 Å². The van der Waals surface area contributed by atoms with E-state index in [9.17, 15) is 14.9 Å². The van der Waals surface area contributed by atoms with Crippen LogP contribution in [0.2, 0.25) is 0 Å². The number of nitro groups is 1. The third kappa shape index (κ3) is 6.86. The van der Waals surface area contributed by atoms with Crippen LogP contribution < -0.4 is 15.4 Å². The van der Waals surface area contributed by atoms with Crippen molar-refractivity contribution in [1.82, 2.24) is 5.32 Å². The molecule has 1 rings (SSSR count). The van der Waals surface area contributed by atoms with Crippen molar-refractivity contribution in [3.8, 4) is 5.75 Å². The van der Waals surface area contributed by atoms with Gasteiger partial charge in [-0.05, 0) is 33.8 Å². The van der Waals surface area contributed by atoms with Gasteiger partial charge < -0.3 is 20.1 Å². The van der Waals surface area contributed by atoms with Crippen molar-refractivity contribution >= 4 is 17.5 Å². The molecule has 2 N–H and O–H groups in total. The highest BCUT2D eigenvalue weighted by atomic mass is 16.6. The quantitative estimate of drug-likeness (QED) is 0.454. The molecule has 8 heteroatoms. The van der Waals surface area contributed by atoms with Crippen LogP contribution in [0.1, 0.15) is 27.7 Å². The van der Waals surface area contributed by atoms with E-state index in [1.54, 1.807) is 26.8 Å². The second-order valence-electron chi connectivity index (χ2n) is 5.74. The molecule has 1 amide bonds. The van der Waals surface area contributed by atoms with Crippen LogP contribution in [0, 0.1) is 10.1 Å². The van der Waals surface area contributed by atoms with Gasteiger partial charge in [0.1, 0.15) is 23.6 Å². The molecule has 8 nitrogen and oxygen atoms in total. The lowest BCUT2D eigenvalue weighted by atomic mass is 10.2. The zero-order valence-electron chi connectivity index (χ0n) is 13.8. The molecule has 0 aliphatic rings. The molecule has 0 fully saturated rings. The lowest BCUT2D eigenvalue weighted by Gasteiger charge is -2.19. The Morgan fingerprint density at radius 3 is 2.61 bits per heavy atom. The summed E-state index contributed by atoms with van der Waals surface area (Å²) in [5.74, 6) is 0.484. The maximum atomic E-state index is 11.5. The Hall–Kier alpha value is -2.51. The maximum Gasteiger partial charge on any atom is 0.407 e. The molecule has 0 radical (unpaired) electrons. The van der Waals surface area contributed by atoms with Gasteiger partial charge in [0.25, 0.3) is 5.69 Å². The van der Waals surface area contributed by atoms with Gasteiger partial charge in [-0.3, -0.25) is 10.1 Å². The Labute approximate surface area is 135 Å². The predicted molar refractivity (Wildman–Crippen MR) is 87.0 cm³/mol. The van der Waals surface area contributed by atoms with Gasteiger partial charge in [-0.15, -0.1) is 0 Å². The average Bonchev–Trinajstić information content (AvgIpc) is 2.42. The lowest BCUT2D eigenvalue weighted by molar-refractivity contribution is -0.384. The molecule has 0 bridgehead atoms. The first-order valence-electron chi connectivity index (χ1n) is 7.35. The number of alkyl carbamates (subject to hydrolysis) is 1. The second kappa shape index (κ2) is 8.21. The zero-order chi connectivity index (χ0) is 17.5. The summed E-state index contributed by atoms with van der Waals surface area (Å²) < 4.78 is 10.6. The average molecular weight is 325 g/mol. The van der Waals surface area contributed by atoms with E-state index in [0.717, 1.165) is 0 Å². The number of nitro benzene ring substituents is 1. The van der Waals surface area contributed by atoms with Gasteiger partial charge in [-0.25, -0.2) is 4.79 Å². The minimum Gasteiger partial charge on any atom is -0.492 e. The van der Waals surface area contributed by atoms with Gasteiger partial charge in [0.05, 0.1) is 11.5 Å². The van der Waals surface area contributed by atoms with Crippen molar-refractivity contribution in [1.29, 1.82) is 0 Å². The smallest absolute Gasteiger partial charge is 0.407 e. The summed E-state index contributed by atoms with van der Waals surface area (Å²) in [6, 6.07) is 4.47. The van der Waals surface area contributed by atoms with Crippen LogP contribution in [-0.4, -0.2) is 36.3 Å². The molecule has 0 aliphatic carbocycles. The van der Waals surface area contributed by atoms with Crippen molar-refractivity contribution in [2.24, 2.45) is 0 Å². The molecule has 0 unspecified atom stereocenters. The molecule has 0 aromatic heterocycles. The third-order valence-corrected chi connectivity index (χ3v) is 2.57. The second-order valence-corrected chi connectivity index (χ2v) is 5.74. The van der Waals surface area contributed by atoms with Crippen LogP contribution >= 0.6 is 0 Å². The number of benzene rings is 1. The molecular formula is C15H23N3O5. The number of carbonyl (C=O) groups excluding carboxylic acids is 1. The summed E-state index contributed by atoms with van der Waals surface area (Å²) in [6.45, 7) is 8.24. The molecule has 23 heavy (non-hydrogen) atoms. The van der Waals surface area contributed by atoms with E-state index >= 15 is 0 Å². The Balaban J connectivity index is 2.50. The van der Waals surface area contributed by atoms with E-state index < -0.39 is 16.6 Å². The number of carbonyl (C=O) groups is 1. The van der Waals surface area contributed by atoms with E-state index in [1.165, 1.54) is 12.1 Å². The van der Waals surface area contributed by atoms with Crippen molar-refractivity contribution in [3.63, 3.8) is 0 Å². The third-order valence-electron chi connectivity index (χ3n) is 2.57. The standard InChI is InChI=1S/C15H23N3O5/c1-5-16-12-10-11(6-7-13(12)18(20)21)22-9-8-17-14(19)23-15(2,3)4/h6-7,10,16H,5,8-9H2,1-4H3,(H,17,19). The SMILES string of the molecule is CCNc1cc(OCCNC(=O)OC(C)(C)C)ccc1[N+](=O)[O-]. The molecule has 0 heterocycles. The van der Waals surface area contributed by atoms with Crippen molar-refractivity contribution in [3.05, 3.63) is 28.3 Å². The molecule has 1 aromatic rings. The van der Waals surface area contributed by atoms with Crippen LogP contribution in [0.4, 0.5) is 16.2 Å². The van der Waals surface area contributed by atoms with E-state index in [1.807, 2.05) is 6.92 Å². The molecule has 0 spiro atoms. The number of anilines is 1. The number of nitrogens with one attached hydrogen (secondary N) is 2. The van der Waals surface area contributed by atoms with Crippen LogP contribution in [0.5, 0.6) is 5.75 Å². The van der Waals surface area contributed by atoms with Crippen LogP contribution in [0.15, 0.2) is 18.2 Å². The van der Waals surface area contributed by atoms with Crippen LogP contribution in [0.3, 0.4) is 0 Å². The highest BCUT2D eigenvalue weighted by molar-refractivity contribution is 5.67. The predicted octanol–water partition coefficient (Wildman–Crippen LogP) is 2.93. The minimum absolute atomic E-state index is 0.00826. The van der Waals surface area contributed by atoms with Gasteiger partial charge in [0, 0.05) is 18.7 Å². The van der Waals surface area contributed by atoms with Gasteiger partial charge in [0.15, 0.2) is 0 Å². The Morgan fingerprint density at radius 1 is 1.35 bits per heavy atom. The number of nitrogens with zero attached hydrogens (tertiary/aromatic N) is 1. The largest absolute Gasteiger partial charge is 0.492 e. The fourth-order valence-electron chi connectivity index (χ4n) is 1.73. The molecule has 0 aliphatic heterocycles.